The Morgan fingerprint density at radius 1 is 1.10 bits per heavy atom. The summed E-state index contributed by atoms with van der Waals surface area (Å²) in [7, 11) is 3.47. The van der Waals surface area contributed by atoms with Crippen molar-refractivity contribution in [2.45, 2.75) is 37.9 Å². The van der Waals surface area contributed by atoms with Gasteiger partial charge in [0, 0.05) is 45.8 Å². The van der Waals surface area contributed by atoms with Crippen molar-refractivity contribution in [2.24, 2.45) is 4.99 Å². The highest BCUT2D eigenvalue weighted by atomic mass is 32.2. The fourth-order valence-electron chi connectivity index (χ4n) is 2.95. The Morgan fingerprint density at radius 2 is 1.73 bits per heavy atom. The SMILES string of the molecule is CN=C(NCc1ccc(S(=O)(=O)N(C)C(C)C)cc1)N(C)Cc1ccccc1OC. The van der Waals surface area contributed by atoms with Crippen molar-refractivity contribution >= 4 is 16.0 Å². The molecule has 0 aromatic heterocycles. The molecule has 0 saturated carbocycles. The standard InChI is InChI=1S/C22H32N4O3S/c1-17(2)26(5)30(27,28)20-13-11-18(12-14-20)15-24-22(23-3)25(4)16-19-9-7-8-10-21(19)29-6/h7-14,17H,15-16H2,1-6H3,(H,23,24). The van der Waals surface area contributed by atoms with E-state index in [0.29, 0.717) is 18.0 Å². The van der Waals surface area contributed by atoms with E-state index in [-0.39, 0.29) is 6.04 Å². The van der Waals surface area contributed by atoms with Crippen molar-refractivity contribution in [3.63, 3.8) is 0 Å². The van der Waals surface area contributed by atoms with Crippen molar-refractivity contribution in [3.05, 3.63) is 59.7 Å². The number of sulfonamides is 1. The van der Waals surface area contributed by atoms with Crippen LogP contribution in [0.1, 0.15) is 25.0 Å². The predicted octanol–water partition coefficient (Wildman–Crippen LogP) is 2.93. The van der Waals surface area contributed by atoms with Gasteiger partial charge in [-0.15, -0.1) is 0 Å². The molecule has 2 aromatic carbocycles. The molecular weight excluding hydrogens is 400 g/mol. The molecule has 0 atom stereocenters. The maximum absolute atomic E-state index is 12.6. The molecule has 8 heteroatoms. The van der Waals surface area contributed by atoms with Gasteiger partial charge in [-0.3, -0.25) is 4.99 Å². The zero-order chi connectivity index (χ0) is 22.3. The zero-order valence-electron chi connectivity index (χ0n) is 18.6. The first-order valence-corrected chi connectivity index (χ1v) is 11.2. The summed E-state index contributed by atoms with van der Waals surface area (Å²) >= 11 is 0. The average molecular weight is 433 g/mol. The van der Waals surface area contributed by atoms with Gasteiger partial charge in [-0.2, -0.15) is 4.31 Å². The lowest BCUT2D eigenvalue weighted by Crippen LogP contribution is -2.38. The van der Waals surface area contributed by atoms with Crippen LogP contribution in [0.4, 0.5) is 0 Å². The van der Waals surface area contributed by atoms with E-state index in [1.165, 1.54) is 4.31 Å². The number of ether oxygens (including phenoxy) is 1. The van der Waals surface area contributed by atoms with E-state index in [1.807, 2.05) is 62.2 Å². The van der Waals surface area contributed by atoms with E-state index in [4.69, 9.17) is 4.74 Å². The highest BCUT2D eigenvalue weighted by molar-refractivity contribution is 7.89. The number of hydrogen-bond acceptors (Lipinski definition) is 4. The highest BCUT2D eigenvalue weighted by Crippen LogP contribution is 2.19. The van der Waals surface area contributed by atoms with E-state index in [0.717, 1.165) is 22.8 Å². The third-order valence-corrected chi connectivity index (χ3v) is 7.00. The topological polar surface area (TPSA) is 74.2 Å². The van der Waals surface area contributed by atoms with Crippen LogP contribution in [0.2, 0.25) is 0 Å². The van der Waals surface area contributed by atoms with E-state index in [9.17, 15) is 8.42 Å². The van der Waals surface area contributed by atoms with Crippen LogP contribution < -0.4 is 10.1 Å². The van der Waals surface area contributed by atoms with Crippen LogP contribution in [-0.2, 0) is 23.1 Å². The maximum atomic E-state index is 12.6. The Labute approximate surface area is 180 Å². The molecule has 0 aliphatic heterocycles. The van der Waals surface area contributed by atoms with Crippen LogP contribution in [0.3, 0.4) is 0 Å². The molecule has 2 rings (SSSR count). The van der Waals surface area contributed by atoms with Crippen LogP contribution in [0.5, 0.6) is 5.75 Å². The van der Waals surface area contributed by atoms with Crippen LogP contribution in [0.15, 0.2) is 58.4 Å². The van der Waals surface area contributed by atoms with Gasteiger partial charge in [0.05, 0.1) is 12.0 Å². The number of methoxy groups -OCH3 is 1. The normalized spacial score (nSPS) is 12.3. The molecule has 0 unspecified atom stereocenters. The smallest absolute Gasteiger partial charge is 0.243 e. The summed E-state index contributed by atoms with van der Waals surface area (Å²) in [6, 6.07) is 14.7. The van der Waals surface area contributed by atoms with E-state index in [1.54, 1.807) is 33.3 Å². The quantitative estimate of drug-likeness (QED) is 0.513. The molecule has 0 fully saturated rings. The van der Waals surface area contributed by atoms with E-state index in [2.05, 4.69) is 10.3 Å². The monoisotopic (exact) mass is 432 g/mol. The molecule has 0 heterocycles. The highest BCUT2D eigenvalue weighted by Gasteiger charge is 2.22. The number of hydrogen-bond donors (Lipinski definition) is 1. The number of aliphatic imine (C=N–C) groups is 1. The van der Waals surface area contributed by atoms with Crippen molar-refractivity contribution in [2.75, 3.05) is 28.3 Å². The molecule has 0 saturated heterocycles. The van der Waals surface area contributed by atoms with Crippen LogP contribution >= 0.6 is 0 Å². The fraction of sp³-hybridized carbons (Fsp3) is 0.409. The third-order valence-electron chi connectivity index (χ3n) is 4.95. The Morgan fingerprint density at radius 3 is 2.30 bits per heavy atom. The van der Waals surface area contributed by atoms with Crippen LogP contribution in [0.25, 0.3) is 0 Å². The lowest BCUT2D eigenvalue weighted by molar-refractivity contribution is 0.396. The second-order valence-electron chi connectivity index (χ2n) is 7.33. The van der Waals surface area contributed by atoms with Gasteiger partial charge in [-0.05, 0) is 37.6 Å². The van der Waals surface area contributed by atoms with E-state index < -0.39 is 10.0 Å². The lowest BCUT2D eigenvalue weighted by Gasteiger charge is -2.23. The minimum absolute atomic E-state index is 0.0987. The number of benzene rings is 2. The van der Waals surface area contributed by atoms with Crippen molar-refractivity contribution in [1.82, 2.24) is 14.5 Å². The maximum Gasteiger partial charge on any atom is 0.243 e. The van der Waals surface area contributed by atoms with Gasteiger partial charge in [0.1, 0.15) is 5.75 Å². The molecule has 0 amide bonds. The Balaban J connectivity index is 2.03. The molecule has 7 nitrogen and oxygen atoms in total. The number of rotatable bonds is 8. The number of nitrogens with zero attached hydrogens (tertiary/aromatic N) is 3. The van der Waals surface area contributed by atoms with Gasteiger partial charge in [0.15, 0.2) is 5.96 Å². The fourth-order valence-corrected chi connectivity index (χ4v) is 4.32. The predicted molar refractivity (Wildman–Crippen MR) is 121 cm³/mol. The molecule has 1 N–H and O–H groups in total. The van der Waals surface area contributed by atoms with Gasteiger partial charge < -0.3 is 15.0 Å². The summed E-state index contributed by atoms with van der Waals surface area (Å²) in [6.07, 6.45) is 0. The van der Waals surface area contributed by atoms with Crippen molar-refractivity contribution < 1.29 is 13.2 Å². The molecular formula is C22H32N4O3S. The number of para-hydroxylation sites is 1. The lowest BCUT2D eigenvalue weighted by atomic mass is 10.2. The first-order valence-electron chi connectivity index (χ1n) is 9.81. The first kappa shape index (κ1) is 23.7. The van der Waals surface area contributed by atoms with Crippen molar-refractivity contribution in [3.8, 4) is 5.75 Å². The molecule has 30 heavy (non-hydrogen) atoms. The second-order valence-corrected chi connectivity index (χ2v) is 9.33. The summed E-state index contributed by atoms with van der Waals surface area (Å²) in [4.78, 5) is 6.64. The Hall–Kier alpha value is -2.58. The minimum atomic E-state index is -3.48. The van der Waals surface area contributed by atoms with Gasteiger partial charge in [-0.1, -0.05) is 30.3 Å². The summed E-state index contributed by atoms with van der Waals surface area (Å²) in [5.74, 6) is 1.57. The molecule has 0 aliphatic carbocycles. The van der Waals surface area contributed by atoms with E-state index >= 15 is 0 Å². The summed E-state index contributed by atoms with van der Waals surface area (Å²) in [5.41, 5.74) is 2.03. The van der Waals surface area contributed by atoms with Crippen LogP contribution in [0, 0.1) is 0 Å². The summed E-state index contributed by atoms with van der Waals surface area (Å²) < 4.78 is 32.0. The van der Waals surface area contributed by atoms with Gasteiger partial charge >= 0.3 is 0 Å². The molecule has 2 aromatic rings. The largest absolute Gasteiger partial charge is 0.496 e. The van der Waals surface area contributed by atoms with Crippen LogP contribution in [-0.4, -0.2) is 57.9 Å². The molecule has 0 radical (unpaired) electrons. The molecule has 0 aliphatic rings. The Bertz CT molecular complexity index is 957. The summed E-state index contributed by atoms with van der Waals surface area (Å²) in [6.45, 7) is 4.87. The average Bonchev–Trinajstić information content (AvgIpc) is 2.74. The van der Waals surface area contributed by atoms with Gasteiger partial charge in [0.2, 0.25) is 10.0 Å². The molecule has 0 bridgehead atoms. The van der Waals surface area contributed by atoms with Crippen molar-refractivity contribution in [1.29, 1.82) is 0 Å². The van der Waals surface area contributed by atoms with Gasteiger partial charge in [-0.25, -0.2) is 8.42 Å². The molecule has 0 spiro atoms. The molecule has 164 valence electrons. The third kappa shape index (κ3) is 5.73. The van der Waals surface area contributed by atoms with Gasteiger partial charge in [0.25, 0.3) is 0 Å². The number of guanidine groups is 1. The minimum Gasteiger partial charge on any atom is -0.496 e. The zero-order valence-corrected chi connectivity index (χ0v) is 19.4. The second kappa shape index (κ2) is 10.4. The number of nitrogens with one attached hydrogen (secondary N) is 1. The Kier molecular flexibility index (Phi) is 8.25. The summed E-state index contributed by atoms with van der Waals surface area (Å²) in [5, 5.41) is 3.32. The first-order chi connectivity index (χ1) is 14.2.